The topological polar surface area (TPSA) is 3.24 Å². The third kappa shape index (κ3) is 2.54. The van der Waals surface area contributed by atoms with Gasteiger partial charge in [0.2, 0.25) is 0 Å². The summed E-state index contributed by atoms with van der Waals surface area (Å²) in [5.74, 6) is 0. The standard InChI is InChI=1S/C19H21N/c1-20(2)13-12-17-14-16-10-6-7-11-18(16)19(17)15-8-4-3-5-9-15/h3-11H,12-14H2,1-2H3/i3D,4D,5D,8D,9D. The summed E-state index contributed by atoms with van der Waals surface area (Å²) in [5, 5.41) is 0. The SMILES string of the molecule is [2H]c1c([2H])c([2H])c(C2=C(CCN(C)C)Cc3ccccc32)c([2H])c1[2H]. The van der Waals surface area contributed by atoms with Gasteiger partial charge in [-0.2, -0.15) is 0 Å². The Labute approximate surface area is 128 Å². The second-order valence-electron chi connectivity index (χ2n) is 5.37. The molecule has 0 unspecified atom stereocenters. The molecule has 0 spiro atoms. The van der Waals surface area contributed by atoms with Gasteiger partial charge in [0.25, 0.3) is 0 Å². The predicted molar refractivity (Wildman–Crippen MR) is 85.8 cm³/mol. The van der Waals surface area contributed by atoms with Crippen LogP contribution in [-0.2, 0) is 6.42 Å². The highest BCUT2D eigenvalue weighted by Crippen LogP contribution is 2.38. The Balaban J connectivity index is 2.26. The molecule has 20 heavy (non-hydrogen) atoms. The van der Waals surface area contributed by atoms with E-state index in [1.165, 1.54) is 0 Å². The summed E-state index contributed by atoms with van der Waals surface area (Å²) in [6, 6.07) is 6.79. The molecule has 1 heteroatoms. The highest BCUT2D eigenvalue weighted by atomic mass is 15.0. The Hall–Kier alpha value is -1.86. The van der Waals surface area contributed by atoms with Crippen molar-refractivity contribution in [2.45, 2.75) is 12.8 Å². The van der Waals surface area contributed by atoms with E-state index in [-0.39, 0.29) is 30.2 Å². The number of benzene rings is 2. The molecule has 0 atom stereocenters. The fourth-order valence-corrected chi connectivity index (χ4v) is 2.69. The van der Waals surface area contributed by atoms with Crippen molar-refractivity contribution in [3.05, 3.63) is 76.7 Å². The Kier molecular flexibility index (Phi) is 2.38. The van der Waals surface area contributed by atoms with E-state index in [1.54, 1.807) is 0 Å². The van der Waals surface area contributed by atoms with Crippen LogP contribution in [0.2, 0.25) is 0 Å². The minimum absolute atomic E-state index is 0.125. The Morgan fingerprint density at radius 3 is 2.60 bits per heavy atom. The van der Waals surface area contributed by atoms with Gasteiger partial charge in [-0.25, -0.2) is 0 Å². The number of nitrogens with zero attached hydrogens (tertiary/aromatic N) is 1. The lowest BCUT2D eigenvalue weighted by Crippen LogP contribution is -2.13. The van der Waals surface area contributed by atoms with Crippen LogP contribution in [0.5, 0.6) is 0 Å². The summed E-state index contributed by atoms with van der Waals surface area (Å²) < 4.78 is 40.4. The maximum atomic E-state index is 8.33. The van der Waals surface area contributed by atoms with E-state index in [1.807, 2.05) is 38.4 Å². The molecule has 2 aromatic carbocycles. The molecule has 0 bridgehead atoms. The fraction of sp³-hybridized carbons (Fsp3) is 0.263. The van der Waals surface area contributed by atoms with Crippen LogP contribution in [0, 0.1) is 0 Å². The lowest BCUT2D eigenvalue weighted by atomic mass is 9.96. The predicted octanol–water partition coefficient (Wildman–Crippen LogP) is 4.00. The van der Waals surface area contributed by atoms with Crippen LogP contribution < -0.4 is 0 Å². The van der Waals surface area contributed by atoms with E-state index in [9.17, 15) is 0 Å². The highest BCUT2D eigenvalue weighted by molar-refractivity contribution is 5.87. The van der Waals surface area contributed by atoms with Crippen molar-refractivity contribution in [3.63, 3.8) is 0 Å². The van der Waals surface area contributed by atoms with Crippen molar-refractivity contribution in [1.29, 1.82) is 0 Å². The molecule has 0 saturated carbocycles. The molecule has 3 rings (SSSR count). The molecular formula is C19H21N. The van der Waals surface area contributed by atoms with Gasteiger partial charge >= 0.3 is 0 Å². The number of hydrogen-bond acceptors (Lipinski definition) is 1. The van der Waals surface area contributed by atoms with Gasteiger partial charge < -0.3 is 4.90 Å². The minimum atomic E-state index is -0.347. The van der Waals surface area contributed by atoms with Gasteiger partial charge in [-0.3, -0.25) is 0 Å². The third-order valence-electron chi connectivity index (χ3n) is 3.65. The first-order valence-corrected chi connectivity index (χ1v) is 6.85. The minimum Gasteiger partial charge on any atom is -0.309 e. The molecule has 1 aliphatic carbocycles. The van der Waals surface area contributed by atoms with Crippen LogP contribution in [0.25, 0.3) is 5.57 Å². The normalized spacial score (nSPS) is 17.4. The summed E-state index contributed by atoms with van der Waals surface area (Å²) in [7, 11) is 4.01. The average molecular weight is 268 g/mol. The molecule has 0 saturated heterocycles. The lowest BCUT2D eigenvalue weighted by Gasteiger charge is -2.12. The van der Waals surface area contributed by atoms with E-state index in [2.05, 4.69) is 4.90 Å². The number of hydrogen-bond donors (Lipinski definition) is 0. The highest BCUT2D eigenvalue weighted by Gasteiger charge is 2.21. The van der Waals surface area contributed by atoms with Crippen molar-refractivity contribution in [1.82, 2.24) is 4.90 Å². The summed E-state index contributed by atoms with van der Waals surface area (Å²) >= 11 is 0. The van der Waals surface area contributed by atoms with E-state index in [0.717, 1.165) is 41.7 Å². The van der Waals surface area contributed by atoms with E-state index >= 15 is 0 Å². The van der Waals surface area contributed by atoms with E-state index in [4.69, 9.17) is 6.85 Å². The molecule has 1 nitrogen and oxygen atoms in total. The van der Waals surface area contributed by atoms with Gasteiger partial charge in [0.15, 0.2) is 0 Å². The van der Waals surface area contributed by atoms with Gasteiger partial charge in [-0.1, -0.05) is 60.1 Å². The molecule has 0 fully saturated rings. The van der Waals surface area contributed by atoms with Crippen molar-refractivity contribution < 1.29 is 6.85 Å². The average Bonchev–Trinajstić information content (AvgIpc) is 2.95. The largest absolute Gasteiger partial charge is 0.309 e. The smallest absolute Gasteiger partial charge is 0.0629 e. The van der Waals surface area contributed by atoms with Crippen LogP contribution in [0.1, 0.15) is 30.0 Å². The molecule has 0 N–H and O–H groups in total. The summed E-state index contributed by atoms with van der Waals surface area (Å²) in [5.41, 5.74) is 4.40. The Morgan fingerprint density at radius 2 is 1.85 bits per heavy atom. The molecule has 0 heterocycles. The van der Waals surface area contributed by atoms with Crippen LogP contribution in [0.15, 0.2) is 60.1 Å². The quantitative estimate of drug-likeness (QED) is 0.810. The maximum absolute atomic E-state index is 8.33. The number of rotatable bonds is 4. The van der Waals surface area contributed by atoms with Crippen LogP contribution in [0.4, 0.5) is 0 Å². The maximum Gasteiger partial charge on any atom is 0.0629 e. The zero-order valence-electron chi connectivity index (χ0n) is 16.9. The van der Waals surface area contributed by atoms with Crippen molar-refractivity contribution >= 4 is 5.57 Å². The van der Waals surface area contributed by atoms with Gasteiger partial charge in [-0.05, 0) is 49.2 Å². The first kappa shape index (κ1) is 8.43. The molecule has 0 amide bonds. The van der Waals surface area contributed by atoms with Crippen molar-refractivity contribution in [2.75, 3.05) is 20.6 Å². The van der Waals surface area contributed by atoms with Gasteiger partial charge in [-0.15, -0.1) is 0 Å². The Morgan fingerprint density at radius 1 is 1.10 bits per heavy atom. The van der Waals surface area contributed by atoms with E-state index < -0.39 is 0 Å². The summed E-state index contributed by atoms with van der Waals surface area (Å²) in [4.78, 5) is 2.09. The molecular weight excluding hydrogens is 242 g/mol. The molecule has 2 aromatic rings. The summed E-state index contributed by atoms with van der Waals surface area (Å²) in [6.07, 6.45) is 1.57. The van der Waals surface area contributed by atoms with Gasteiger partial charge in [0.05, 0.1) is 6.85 Å². The van der Waals surface area contributed by atoms with Crippen molar-refractivity contribution in [2.24, 2.45) is 0 Å². The first-order chi connectivity index (χ1) is 11.8. The number of fused-ring (bicyclic) bond motifs is 1. The zero-order valence-corrected chi connectivity index (χ0v) is 11.9. The second-order valence-corrected chi connectivity index (χ2v) is 5.37. The third-order valence-corrected chi connectivity index (χ3v) is 3.65. The lowest BCUT2D eigenvalue weighted by molar-refractivity contribution is 0.412. The fourth-order valence-electron chi connectivity index (χ4n) is 2.69. The van der Waals surface area contributed by atoms with Crippen molar-refractivity contribution in [3.8, 4) is 0 Å². The first-order valence-electron chi connectivity index (χ1n) is 9.35. The Bertz CT molecular complexity index is 841. The van der Waals surface area contributed by atoms with Gasteiger partial charge in [0, 0.05) is 6.54 Å². The monoisotopic (exact) mass is 268 g/mol. The van der Waals surface area contributed by atoms with Crippen LogP contribution >= 0.6 is 0 Å². The molecule has 0 aliphatic heterocycles. The van der Waals surface area contributed by atoms with E-state index in [0.29, 0.717) is 5.56 Å². The van der Waals surface area contributed by atoms with Crippen LogP contribution in [0.3, 0.4) is 0 Å². The summed E-state index contributed by atoms with van der Waals surface area (Å²) in [6.45, 7) is 0.853. The molecule has 0 radical (unpaired) electrons. The zero-order chi connectivity index (χ0) is 18.3. The molecule has 1 aliphatic rings. The molecule has 102 valence electrons. The van der Waals surface area contributed by atoms with Gasteiger partial charge in [0.1, 0.15) is 0 Å². The molecule has 0 aromatic heterocycles. The second kappa shape index (κ2) is 5.64. The van der Waals surface area contributed by atoms with Crippen LogP contribution in [-0.4, -0.2) is 25.5 Å².